The number of rotatable bonds is 8. The molecule has 0 radical (unpaired) electrons. The van der Waals surface area contributed by atoms with Crippen LogP contribution in [-0.2, 0) is 22.6 Å². The van der Waals surface area contributed by atoms with Crippen LogP contribution in [0.3, 0.4) is 0 Å². The summed E-state index contributed by atoms with van der Waals surface area (Å²) in [6.45, 7) is 2.68. The minimum absolute atomic E-state index is 0.0525. The van der Waals surface area contributed by atoms with Crippen LogP contribution in [0, 0.1) is 11.7 Å². The maximum atomic E-state index is 13.7. The first-order valence-electron chi connectivity index (χ1n) is 14.4. The number of carbonyl (C=O) groups excluding carboxylic acids is 2. The average molecular weight is 532 g/mol. The molecular weight excluding hydrogens is 493 g/mol. The van der Waals surface area contributed by atoms with Gasteiger partial charge < -0.3 is 15.6 Å². The minimum Gasteiger partial charge on any atom is -0.361 e. The molecule has 0 atom stereocenters. The molecule has 4 fully saturated rings. The van der Waals surface area contributed by atoms with E-state index in [9.17, 15) is 14.0 Å². The van der Waals surface area contributed by atoms with Crippen molar-refractivity contribution >= 4 is 22.7 Å². The maximum absolute atomic E-state index is 13.7. The highest BCUT2D eigenvalue weighted by atomic mass is 19.1. The van der Waals surface area contributed by atoms with Gasteiger partial charge in [-0.25, -0.2) is 4.39 Å². The van der Waals surface area contributed by atoms with Crippen LogP contribution in [-0.4, -0.2) is 50.8 Å². The predicted octanol–water partition coefficient (Wildman–Crippen LogP) is 4.62. The van der Waals surface area contributed by atoms with E-state index >= 15 is 0 Å². The summed E-state index contributed by atoms with van der Waals surface area (Å²) in [5.41, 5.74) is 2.65. The third-order valence-corrected chi connectivity index (χ3v) is 9.46. The molecule has 1 saturated heterocycles. The van der Waals surface area contributed by atoms with Crippen LogP contribution in [0.25, 0.3) is 10.9 Å². The average Bonchev–Trinajstić information content (AvgIpc) is 3.36. The highest BCUT2D eigenvalue weighted by molar-refractivity contribution is 5.84. The zero-order valence-corrected chi connectivity index (χ0v) is 22.5. The van der Waals surface area contributed by atoms with E-state index in [1.807, 2.05) is 24.5 Å². The second-order valence-corrected chi connectivity index (χ2v) is 12.0. The first-order chi connectivity index (χ1) is 18.9. The van der Waals surface area contributed by atoms with E-state index in [4.69, 9.17) is 0 Å². The van der Waals surface area contributed by atoms with Crippen LogP contribution < -0.4 is 10.6 Å². The zero-order valence-electron chi connectivity index (χ0n) is 22.5. The number of piperidine rings is 1. The van der Waals surface area contributed by atoms with Crippen LogP contribution in [0.1, 0.15) is 69.0 Å². The summed E-state index contributed by atoms with van der Waals surface area (Å²) in [6, 6.07) is 10.7. The van der Waals surface area contributed by atoms with Crippen LogP contribution in [0.5, 0.6) is 0 Å². The lowest BCUT2D eigenvalue weighted by Gasteiger charge is -2.54. The molecule has 2 bridgehead atoms. The number of H-pyrrole nitrogens is 1. The number of halogens is 1. The normalized spacial score (nSPS) is 25.6. The van der Waals surface area contributed by atoms with Crippen molar-refractivity contribution in [3.63, 3.8) is 0 Å². The molecule has 8 heteroatoms. The summed E-state index contributed by atoms with van der Waals surface area (Å²) in [5.74, 6) is 0.0705. The van der Waals surface area contributed by atoms with Gasteiger partial charge in [0.2, 0.25) is 11.8 Å². The number of hydrogen-bond donors (Lipinski definition) is 3. The van der Waals surface area contributed by atoms with Gasteiger partial charge in [-0.1, -0.05) is 6.07 Å². The van der Waals surface area contributed by atoms with Crippen LogP contribution in [0.4, 0.5) is 4.39 Å². The highest BCUT2D eigenvalue weighted by Gasteiger charge is 2.50. The number of pyridine rings is 1. The Hall–Kier alpha value is -3.26. The van der Waals surface area contributed by atoms with Crippen molar-refractivity contribution in [1.82, 2.24) is 25.5 Å². The molecule has 1 aromatic carbocycles. The molecule has 3 aromatic rings. The second-order valence-electron chi connectivity index (χ2n) is 12.0. The third-order valence-electron chi connectivity index (χ3n) is 9.46. The number of nitrogens with one attached hydrogen (secondary N) is 3. The first-order valence-corrected chi connectivity index (χ1v) is 14.4. The Bertz CT molecular complexity index is 1310. The molecule has 4 aliphatic rings. The number of aryl methyl sites for hydroxylation is 1. The molecular formula is C31H38FN5O2. The number of hydrogen-bond acceptors (Lipinski definition) is 4. The standard InChI is InChI=1S/C31H38FN5O2/c32-24-5-6-27-26(19-24)23(20-34-27)4-7-28(38)35-30-10-13-31(14-11-30,15-12-30)36-29(39)22-8-17-37(18-9-22)21-25-3-1-2-16-33-25/h1-3,5-6,16,19-20,22,34H,4,7-15,17-18,21H2,(H,35,38)(H,36,39). The van der Waals surface area contributed by atoms with Gasteiger partial charge in [0.05, 0.1) is 5.69 Å². The molecule has 206 valence electrons. The van der Waals surface area contributed by atoms with Crippen molar-refractivity contribution in [2.24, 2.45) is 5.92 Å². The van der Waals surface area contributed by atoms with E-state index < -0.39 is 0 Å². The lowest BCUT2D eigenvalue weighted by atomic mass is 9.61. The summed E-state index contributed by atoms with van der Waals surface area (Å²) in [5, 5.41) is 7.67. The van der Waals surface area contributed by atoms with Crippen molar-refractivity contribution in [2.45, 2.75) is 81.8 Å². The monoisotopic (exact) mass is 531 g/mol. The number of aromatic amines is 1. The van der Waals surface area contributed by atoms with Gasteiger partial charge in [-0.15, -0.1) is 0 Å². The molecule has 39 heavy (non-hydrogen) atoms. The highest BCUT2D eigenvalue weighted by Crippen LogP contribution is 2.47. The maximum Gasteiger partial charge on any atom is 0.223 e. The lowest BCUT2D eigenvalue weighted by molar-refractivity contribution is -0.132. The van der Waals surface area contributed by atoms with E-state index in [-0.39, 0.29) is 34.6 Å². The molecule has 1 aliphatic heterocycles. The number of likely N-dealkylation sites (tertiary alicyclic amines) is 1. The lowest BCUT2D eigenvalue weighted by Crippen LogP contribution is -2.64. The van der Waals surface area contributed by atoms with E-state index in [0.29, 0.717) is 12.8 Å². The van der Waals surface area contributed by atoms with Gasteiger partial charge in [0.15, 0.2) is 0 Å². The van der Waals surface area contributed by atoms with Gasteiger partial charge in [0.1, 0.15) is 5.82 Å². The number of benzene rings is 1. The Kier molecular flexibility index (Phi) is 7.14. The van der Waals surface area contributed by atoms with Crippen molar-refractivity contribution in [3.05, 3.63) is 65.9 Å². The van der Waals surface area contributed by atoms with Crippen LogP contribution in [0.15, 0.2) is 48.8 Å². The largest absolute Gasteiger partial charge is 0.361 e. The van der Waals surface area contributed by atoms with Gasteiger partial charge in [0, 0.05) is 53.3 Å². The van der Waals surface area contributed by atoms with Gasteiger partial charge in [-0.3, -0.25) is 19.5 Å². The van der Waals surface area contributed by atoms with E-state index in [0.717, 1.165) is 93.2 Å². The Morgan fingerprint density at radius 1 is 1.00 bits per heavy atom. The number of amides is 2. The van der Waals surface area contributed by atoms with Gasteiger partial charge in [0.25, 0.3) is 0 Å². The van der Waals surface area contributed by atoms with Crippen molar-refractivity contribution in [1.29, 1.82) is 0 Å². The number of aromatic nitrogens is 2. The first kappa shape index (κ1) is 26.0. The molecule has 7 nitrogen and oxygen atoms in total. The van der Waals surface area contributed by atoms with Crippen molar-refractivity contribution < 1.29 is 14.0 Å². The number of fused-ring (bicyclic) bond motifs is 4. The molecule has 2 amide bonds. The van der Waals surface area contributed by atoms with E-state index in [1.54, 1.807) is 6.07 Å². The minimum atomic E-state index is -0.266. The summed E-state index contributed by atoms with van der Waals surface area (Å²) in [6.07, 6.45) is 11.9. The fourth-order valence-corrected chi connectivity index (χ4v) is 6.96. The second kappa shape index (κ2) is 10.7. The van der Waals surface area contributed by atoms with Crippen LogP contribution in [0.2, 0.25) is 0 Å². The fraction of sp³-hybridized carbons (Fsp3) is 0.516. The van der Waals surface area contributed by atoms with Gasteiger partial charge in [-0.05, 0) is 107 Å². The summed E-state index contributed by atoms with van der Waals surface area (Å²) in [4.78, 5) is 36.1. The fourth-order valence-electron chi connectivity index (χ4n) is 6.96. The molecule has 3 heterocycles. The van der Waals surface area contributed by atoms with E-state index in [2.05, 4.69) is 31.6 Å². The summed E-state index contributed by atoms with van der Waals surface area (Å²) >= 11 is 0. The Labute approximate surface area is 228 Å². The SMILES string of the molecule is O=C(CCc1c[nH]c2ccc(F)cc12)NC12CCC(NC(=O)C3CCN(Cc4ccccn4)CC3)(CC1)CC2. The topological polar surface area (TPSA) is 90.1 Å². The smallest absolute Gasteiger partial charge is 0.223 e. The zero-order chi connectivity index (χ0) is 26.9. The molecule has 3 N–H and O–H groups in total. The molecule has 2 aromatic heterocycles. The van der Waals surface area contributed by atoms with Gasteiger partial charge >= 0.3 is 0 Å². The molecule has 7 rings (SSSR count). The summed E-state index contributed by atoms with van der Waals surface area (Å²) in [7, 11) is 0. The molecule has 0 unspecified atom stereocenters. The predicted molar refractivity (Wildman–Crippen MR) is 148 cm³/mol. The van der Waals surface area contributed by atoms with Crippen LogP contribution >= 0.6 is 0 Å². The molecule has 3 saturated carbocycles. The quantitative estimate of drug-likeness (QED) is 0.396. The number of carbonyl (C=O) groups is 2. The molecule has 3 aliphatic carbocycles. The van der Waals surface area contributed by atoms with Crippen molar-refractivity contribution in [2.75, 3.05) is 13.1 Å². The Balaban J connectivity index is 0.961. The van der Waals surface area contributed by atoms with E-state index in [1.165, 1.54) is 12.1 Å². The summed E-state index contributed by atoms with van der Waals surface area (Å²) < 4.78 is 13.7. The number of nitrogens with zero attached hydrogens (tertiary/aromatic N) is 2. The molecule has 0 spiro atoms. The van der Waals surface area contributed by atoms with Crippen molar-refractivity contribution in [3.8, 4) is 0 Å². The van der Waals surface area contributed by atoms with Gasteiger partial charge in [-0.2, -0.15) is 0 Å². The third kappa shape index (κ3) is 5.71. The Morgan fingerprint density at radius 2 is 1.72 bits per heavy atom. The Morgan fingerprint density at radius 3 is 2.41 bits per heavy atom.